The van der Waals surface area contributed by atoms with Gasteiger partial charge in [0.15, 0.2) is 5.79 Å². The Hall–Kier alpha value is -1.14. The van der Waals surface area contributed by atoms with Crippen LogP contribution >= 0.6 is 0 Å². The Morgan fingerprint density at radius 3 is 2.27 bits per heavy atom. The Morgan fingerprint density at radius 2 is 1.64 bits per heavy atom. The summed E-state index contributed by atoms with van der Waals surface area (Å²) in [6, 6.07) is 0. The second-order valence-electron chi connectivity index (χ2n) is 5.76. The van der Waals surface area contributed by atoms with Crippen molar-refractivity contribution in [2.75, 3.05) is 26.4 Å². The molecule has 0 N–H and O–H groups in total. The fourth-order valence-corrected chi connectivity index (χ4v) is 3.58. The molecule has 126 valence electrons. The SMILES string of the molecule is CCOC(=O)CC[C@]1(C(=O)OCC)CCCCC12OCCO2. The molecule has 1 aliphatic carbocycles. The van der Waals surface area contributed by atoms with Gasteiger partial charge in [-0.3, -0.25) is 9.59 Å². The van der Waals surface area contributed by atoms with E-state index in [4.69, 9.17) is 18.9 Å². The molecule has 0 unspecified atom stereocenters. The summed E-state index contributed by atoms with van der Waals surface area (Å²) in [6.45, 7) is 5.13. The molecule has 0 aromatic carbocycles. The fourth-order valence-electron chi connectivity index (χ4n) is 3.58. The van der Waals surface area contributed by atoms with Crippen molar-refractivity contribution in [2.24, 2.45) is 5.41 Å². The molecule has 1 saturated carbocycles. The molecule has 1 atom stereocenters. The van der Waals surface area contributed by atoms with Crippen molar-refractivity contribution >= 4 is 11.9 Å². The minimum Gasteiger partial charge on any atom is -0.466 e. The van der Waals surface area contributed by atoms with Crippen molar-refractivity contribution < 1.29 is 28.5 Å². The maximum atomic E-state index is 12.7. The average Bonchev–Trinajstić information content (AvgIpc) is 2.97. The van der Waals surface area contributed by atoms with Crippen molar-refractivity contribution in [3.05, 3.63) is 0 Å². The Balaban J connectivity index is 2.23. The highest BCUT2D eigenvalue weighted by molar-refractivity contribution is 5.79. The van der Waals surface area contributed by atoms with E-state index < -0.39 is 11.2 Å². The van der Waals surface area contributed by atoms with Gasteiger partial charge in [0.1, 0.15) is 5.41 Å². The normalized spacial score (nSPS) is 26.8. The standard InChI is InChI=1S/C16H26O6/c1-3-19-13(17)7-10-15(14(18)20-4-2)8-5-6-9-16(15)21-11-12-22-16/h3-12H2,1-2H3/t15-/m0/s1. The van der Waals surface area contributed by atoms with E-state index >= 15 is 0 Å². The largest absolute Gasteiger partial charge is 0.466 e. The first-order valence-corrected chi connectivity index (χ1v) is 8.21. The molecule has 2 rings (SSSR count). The van der Waals surface area contributed by atoms with Gasteiger partial charge >= 0.3 is 11.9 Å². The van der Waals surface area contributed by atoms with Crippen LogP contribution in [0.1, 0.15) is 52.4 Å². The Kier molecular flexibility index (Phi) is 5.81. The van der Waals surface area contributed by atoms with Crippen LogP contribution in [0.4, 0.5) is 0 Å². The highest BCUT2D eigenvalue weighted by Crippen LogP contribution is 2.53. The van der Waals surface area contributed by atoms with E-state index in [1.807, 2.05) is 0 Å². The lowest BCUT2D eigenvalue weighted by atomic mass is 9.66. The van der Waals surface area contributed by atoms with Crippen LogP contribution < -0.4 is 0 Å². The van der Waals surface area contributed by atoms with E-state index in [9.17, 15) is 9.59 Å². The van der Waals surface area contributed by atoms with Gasteiger partial charge in [0.05, 0.1) is 26.4 Å². The summed E-state index contributed by atoms with van der Waals surface area (Å²) in [6.07, 6.45) is 3.63. The van der Waals surface area contributed by atoms with E-state index in [0.29, 0.717) is 45.7 Å². The number of hydrogen-bond acceptors (Lipinski definition) is 6. The smallest absolute Gasteiger partial charge is 0.317 e. The molecule has 0 bridgehead atoms. The van der Waals surface area contributed by atoms with Crippen molar-refractivity contribution in [3.8, 4) is 0 Å². The summed E-state index contributed by atoms with van der Waals surface area (Å²) >= 11 is 0. The van der Waals surface area contributed by atoms with E-state index in [2.05, 4.69) is 0 Å². The lowest BCUT2D eigenvalue weighted by Gasteiger charge is -2.47. The Bertz CT molecular complexity index is 401. The minimum absolute atomic E-state index is 0.168. The van der Waals surface area contributed by atoms with Gasteiger partial charge in [-0.1, -0.05) is 6.42 Å². The number of hydrogen-bond donors (Lipinski definition) is 0. The summed E-state index contributed by atoms with van der Waals surface area (Å²) in [5.41, 5.74) is -0.912. The number of carbonyl (C=O) groups is 2. The zero-order valence-corrected chi connectivity index (χ0v) is 13.5. The van der Waals surface area contributed by atoms with Crippen molar-refractivity contribution in [2.45, 2.75) is 58.2 Å². The summed E-state index contributed by atoms with van der Waals surface area (Å²) in [5, 5.41) is 0. The second-order valence-corrected chi connectivity index (χ2v) is 5.76. The van der Waals surface area contributed by atoms with E-state index in [0.717, 1.165) is 12.8 Å². The third-order valence-electron chi connectivity index (χ3n) is 4.57. The van der Waals surface area contributed by atoms with Crippen LogP contribution in [0.2, 0.25) is 0 Å². The summed E-state index contributed by atoms with van der Waals surface area (Å²) in [5.74, 6) is -1.56. The van der Waals surface area contributed by atoms with E-state index in [1.165, 1.54) is 0 Å². The molecule has 0 amide bonds. The molecule has 1 aliphatic heterocycles. The lowest BCUT2D eigenvalue weighted by Crippen LogP contribution is -2.57. The topological polar surface area (TPSA) is 71.1 Å². The van der Waals surface area contributed by atoms with Crippen LogP contribution in [0.5, 0.6) is 0 Å². The van der Waals surface area contributed by atoms with Crippen molar-refractivity contribution in [3.63, 3.8) is 0 Å². The summed E-state index contributed by atoms with van der Waals surface area (Å²) in [4.78, 5) is 24.5. The Labute approximate surface area is 131 Å². The van der Waals surface area contributed by atoms with Crippen LogP contribution in [-0.4, -0.2) is 44.2 Å². The predicted octanol–water partition coefficient (Wildman–Crippen LogP) is 2.20. The fraction of sp³-hybridized carbons (Fsp3) is 0.875. The minimum atomic E-state index is -0.940. The number of esters is 2. The zero-order chi connectivity index (χ0) is 16.1. The van der Waals surface area contributed by atoms with Gasteiger partial charge in [-0.15, -0.1) is 0 Å². The lowest BCUT2D eigenvalue weighted by molar-refractivity contribution is -0.261. The molecule has 1 spiro atoms. The van der Waals surface area contributed by atoms with Gasteiger partial charge in [-0.25, -0.2) is 0 Å². The third kappa shape index (κ3) is 3.13. The molecule has 2 aliphatic rings. The molecular weight excluding hydrogens is 288 g/mol. The molecular formula is C16H26O6. The highest BCUT2D eigenvalue weighted by atomic mass is 16.7. The number of rotatable bonds is 6. The van der Waals surface area contributed by atoms with Crippen molar-refractivity contribution in [1.82, 2.24) is 0 Å². The monoisotopic (exact) mass is 314 g/mol. The highest BCUT2D eigenvalue weighted by Gasteiger charge is 2.62. The molecule has 1 heterocycles. The maximum absolute atomic E-state index is 12.7. The van der Waals surface area contributed by atoms with E-state index in [-0.39, 0.29) is 18.4 Å². The quantitative estimate of drug-likeness (QED) is 0.700. The number of ether oxygens (including phenoxy) is 4. The van der Waals surface area contributed by atoms with Crippen LogP contribution in [0.3, 0.4) is 0 Å². The first-order valence-electron chi connectivity index (χ1n) is 8.21. The van der Waals surface area contributed by atoms with Crippen LogP contribution in [0.25, 0.3) is 0 Å². The summed E-state index contributed by atoms with van der Waals surface area (Å²) < 4.78 is 22.1. The van der Waals surface area contributed by atoms with Crippen LogP contribution in [0, 0.1) is 5.41 Å². The van der Waals surface area contributed by atoms with Gasteiger partial charge in [-0.2, -0.15) is 0 Å². The maximum Gasteiger partial charge on any atom is 0.317 e. The zero-order valence-electron chi connectivity index (χ0n) is 13.5. The molecule has 22 heavy (non-hydrogen) atoms. The first kappa shape index (κ1) is 17.2. The Morgan fingerprint density at radius 1 is 1.00 bits per heavy atom. The molecule has 6 heteroatoms. The van der Waals surface area contributed by atoms with Gasteiger partial charge in [-0.05, 0) is 33.1 Å². The molecule has 6 nitrogen and oxygen atoms in total. The second kappa shape index (κ2) is 7.42. The number of carbonyl (C=O) groups excluding carboxylic acids is 2. The van der Waals surface area contributed by atoms with E-state index in [1.54, 1.807) is 13.8 Å². The van der Waals surface area contributed by atoms with Gasteiger partial charge in [0.25, 0.3) is 0 Å². The summed E-state index contributed by atoms with van der Waals surface area (Å²) in [7, 11) is 0. The molecule has 0 radical (unpaired) electrons. The van der Waals surface area contributed by atoms with Crippen LogP contribution in [-0.2, 0) is 28.5 Å². The molecule has 2 fully saturated rings. The van der Waals surface area contributed by atoms with Gasteiger partial charge < -0.3 is 18.9 Å². The van der Waals surface area contributed by atoms with Crippen LogP contribution in [0.15, 0.2) is 0 Å². The van der Waals surface area contributed by atoms with Gasteiger partial charge in [0.2, 0.25) is 0 Å². The molecule has 1 saturated heterocycles. The molecule has 0 aromatic rings. The third-order valence-corrected chi connectivity index (χ3v) is 4.57. The average molecular weight is 314 g/mol. The van der Waals surface area contributed by atoms with Crippen molar-refractivity contribution in [1.29, 1.82) is 0 Å². The van der Waals surface area contributed by atoms with Gasteiger partial charge in [0, 0.05) is 12.8 Å². The first-order chi connectivity index (χ1) is 10.6. The molecule has 0 aromatic heterocycles. The predicted molar refractivity (Wildman–Crippen MR) is 78.0 cm³/mol.